The van der Waals surface area contributed by atoms with Crippen LogP contribution in [0, 0.1) is 0 Å². The van der Waals surface area contributed by atoms with E-state index >= 15 is 0 Å². The number of thioether (sulfide) groups is 1. The van der Waals surface area contributed by atoms with Crippen molar-refractivity contribution in [1.29, 1.82) is 0 Å². The Labute approximate surface area is 107 Å². The summed E-state index contributed by atoms with van der Waals surface area (Å²) in [5.41, 5.74) is 0.858. The number of anilines is 1. The van der Waals surface area contributed by atoms with Gasteiger partial charge in [0.05, 0.1) is 0 Å². The van der Waals surface area contributed by atoms with Gasteiger partial charge in [0.1, 0.15) is 4.60 Å². The van der Waals surface area contributed by atoms with Crippen LogP contribution in [0.4, 0.5) is 5.82 Å². The molecule has 16 heavy (non-hydrogen) atoms. The summed E-state index contributed by atoms with van der Waals surface area (Å²) in [5.74, 6) is 0.820. The molecule has 6 heteroatoms. The van der Waals surface area contributed by atoms with Gasteiger partial charge in [-0.05, 0) is 22.2 Å². The van der Waals surface area contributed by atoms with Gasteiger partial charge in [-0.3, -0.25) is 0 Å². The number of rotatable bonds is 4. The van der Waals surface area contributed by atoms with Crippen molar-refractivity contribution in [3.8, 4) is 0 Å². The summed E-state index contributed by atoms with van der Waals surface area (Å²) in [6.07, 6.45) is 7.68. The Morgan fingerprint density at radius 1 is 1.62 bits per heavy atom. The van der Waals surface area contributed by atoms with Crippen LogP contribution >= 0.6 is 27.7 Å². The topological polar surface area (TPSA) is 42.2 Å². The van der Waals surface area contributed by atoms with Crippen LogP contribution in [-0.2, 0) is 0 Å². The molecular formula is C10H13BrN4S. The molecule has 2 rings (SSSR count). The fourth-order valence-corrected chi connectivity index (χ4v) is 1.99. The zero-order valence-electron chi connectivity index (χ0n) is 9.14. The first-order valence-corrected chi connectivity index (χ1v) is 7.04. The number of hydrogen-bond acceptors (Lipinski definition) is 4. The van der Waals surface area contributed by atoms with Gasteiger partial charge in [-0.15, -0.1) is 0 Å². The summed E-state index contributed by atoms with van der Waals surface area (Å²) in [4.78, 5) is 8.67. The summed E-state index contributed by atoms with van der Waals surface area (Å²) in [6.45, 7) is 3.06. The van der Waals surface area contributed by atoms with E-state index in [4.69, 9.17) is 0 Å². The van der Waals surface area contributed by atoms with Gasteiger partial charge in [0.2, 0.25) is 0 Å². The molecule has 0 aliphatic rings. The number of nitrogens with zero attached hydrogens (tertiary/aromatic N) is 3. The van der Waals surface area contributed by atoms with Crippen LogP contribution < -0.4 is 5.32 Å². The molecule has 2 aromatic rings. The Kier molecular flexibility index (Phi) is 3.70. The van der Waals surface area contributed by atoms with Crippen LogP contribution in [0.15, 0.2) is 23.2 Å². The summed E-state index contributed by atoms with van der Waals surface area (Å²) >= 11 is 5.21. The van der Waals surface area contributed by atoms with Crippen molar-refractivity contribution >= 4 is 39.2 Å². The van der Waals surface area contributed by atoms with E-state index in [0.717, 1.165) is 22.6 Å². The van der Waals surface area contributed by atoms with Crippen LogP contribution in [0.3, 0.4) is 0 Å². The van der Waals surface area contributed by atoms with Gasteiger partial charge < -0.3 is 9.72 Å². The smallest absolute Gasteiger partial charge is 0.180 e. The van der Waals surface area contributed by atoms with Crippen LogP contribution in [0.25, 0.3) is 5.65 Å². The lowest BCUT2D eigenvalue weighted by molar-refractivity contribution is 0.981. The van der Waals surface area contributed by atoms with Gasteiger partial charge in [-0.1, -0.05) is 6.92 Å². The van der Waals surface area contributed by atoms with Crippen molar-refractivity contribution in [3.05, 3.63) is 23.2 Å². The van der Waals surface area contributed by atoms with Crippen molar-refractivity contribution in [2.24, 2.45) is 0 Å². The Balaban J connectivity index is 2.25. The number of nitrogens with one attached hydrogen (secondary N) is 1. The SMILES string of the molecule is CSC(C)CNc1nc(Br)cn2ccnc12. The Bertz CT molecular complexity index is 485. The van der Waals surface area contributed by atoms with E-state index < -0.39 is 0 Å². The van der Waals surface area contributed by atoms with E-state index in [2.05, 4.69) is 44.4 Å². The Morgan fingerprint density at radius 2 is 2.44 bits per heavy atom. The Hall–Kier alpha value is -0.750. The van der Waals surface area contributed by atoms with Gasteiger partial charge in [-0.25, -0.2) is 9.97 Å². The van der Waals surface area contributed by atoms with Crippen molar-refractivity contribution in [2.45, 2.75) is 12.2 Å². The lowest BCUT2D eigenvalue weighted by Crippen LogP contribution is -2.14. The molecule has 0 aliphatic heterocycles. The fraction of sp³-hybridized carbons (Fsp3) is 0.400. The van der Waals surface area contributed by atoms with Gasteiger partial charge >= 0.3 is 0 Å². The van der Waals surface area contributed by atoms with Crippen molar-refractivity contribution in [1.82, 2.24) is 14.4 Å². The largest absolute Gasteiger partial charge is 0.366 e. The second-order valence-corrected chi connectivity index (χ2v) is 5.59. The van der Waals surface area contributed by atoms with Gasteiger partial charge in [0.25, 0.3) is 0 Å². The van der Waals surface area contributed by atoms with E-state index in [1.807, 2.05) is 28.6 Å². The average molecular weight is 301 g/mol. The molecule has 0 aliphatic carbocycles. The zero-order chi connectivity index (χ0) is 11.5. The molecule has 86 valence electrons. The number of aromatic nitrogens is 3. The molecule has 0 radical (unpaired) electrons. The third-order valence-electron chi connectivity index (χ3n) is 2.30. The third-order valence-corrected chi connectivity index (χ3v) is 3.66. The first-order valence-electron chi connectivity index (χ1n) is 4.96. The monoisotopic (exact) mass is 300 g/mol. The van der Waals surface area contributed by atoms with Crippen LogP contribution in [0.5, 0.6) is 0 Å². The molecule has 0 spiro atoms. The maximum Gasteiger partial charge on any atom is 0.180 e. The lowest BCUT2D eigenvalue weighted by atomic mass is 10.4. The highest BCUT2D eigenvalue weighted by Crippen LogP contribution is 2.17. The second-order valence-electron chi connectivity index (χ2n) is 3.50. The highest BCUT2D eigenvalue weighted by Gasteiger charge is 2.07. The number of fused-ring (bicyclic) bond motifs is 1. The first-order chi connectivity index (χ1) is 7.70. The second kappa shape index (κ2) is 5.05. The summed E-state index contributed by atoms with van der Waals surface area (Å²) in [6, 6.07) is 0. The van der Waals surface area contributed by atoms with Crippen molar-refractivity contribution in [3.63, 3.8) is 0 Å². The molecular weight excluding hydrogens is 288 g/mol. The van der Waals surface area contributed by atoms with Crippen LogP contribution in [-0.4, -0.2) is 32.4 Å². The standard InChI is InChI=1S/C10H13BrN4S/c1-7(16-2)5-13-9-10-12-3-4-15(10)6-8(11)14-9/h3-4,6-7H,5H2,1-2H3,(H,13,14). The van der Waals surface area contributed by atoms with Gasteiger partial charge in [-0.2, -0.15) is 11.8 Å². The quantitative estimate of drug-likeness (QED) is 0.943. The number of halogens is 1. The summed E-state index contributed by atoms with van der Waals surface area (Å²) < 4.78 is 2.75. The van der Waals surface area contributed by atoms with E-state index in [9.17, 15) is 0 Å². The van der Waals surface area contributed by atoms with Gasteiger partial charge in [0, 0.05) is 30.4 Å². The molecule has 0 saturated carbocycles. The zero-order valence-corrected chi connectivity index (χ0v) is 11.5. The molecule has 1 unspecified atom stereocenters. The predicted molar refractivity (Wildman–Crippen MR) is 72.2 cm³/mol. The molecule has 2 heterocycles. The molecule has 1 N–H and O–H groups in total. The van der Waals surface area contributed by atoms with E-state index in [1.165, 1.54) is 0 Å². The van der Waals surface area contributed by atoms with Gasteiger partial charge in [0.15, 0.2) is 11.5 Å². The summed E-state index contributed by atoms with van der Waals surface area (Å²) in [5, 5.41) is 3.87. The highest BCUT2D eigenvalue weighted by molar-refractivity contribution is 9.10. The molecule has 2 aromatic heterocycles. The molecule has 4 nitrogen and oxygen atoms in total. The minimum Gasteiger partial charge on any atom is -0.366 e. The molecule has 1 atom stereocenters. The first kappa shape index (κ1) is 11.7. The van der Waals surface area contributed by atoms with Crippen molar-refractivity contribution in [2.75, 3.05) is 18.1 Å². The third kappa shape index (κ3) is 2.49. The normalized spacial score (nSPS) is 12.9. The van der Waals surface area contributed by atoms with E-state index in [1.54, 1.807) is 6.20 Å². The van der Waals surface area contributed by atoms with Crippen LogP contribution in [0.2, 0.25) is 0 Å². The minimum atomic E-state index is 0.552. The maximum atomic E-state index is 4.39. The van der Waals surface area contributed by atoms with E-state index in [-0.39, 0.29) is 0 Å². The number of hydrogen-bond donors (Lipinski definition) is 1. The number of imidazole rings is 1. The molecule has 0 saturated heterocycles. The van der Waals surface area contributed by atoms with Crippen molar-refractivity contribution < 1.29 is 0 Å². The average Bonchev–Trinajstić information content (AvgIpc) is 2.73. The predicted octanol–water partition coefficient (Wildman–Crippen LogP) is 2.66. The minimum absolute atomic E-state index is 0.552. The Morgan fingerprint density at radius 3 is 3.19 bits per heavy atom. The molecule has 0 aromatic carbocycles. The molecule has 0 amide bonds. The maximum absolute atomic E-state index is 4.39. The molecule has 0 fully saturated rings. The molecule has 0 bridgehead atoms. The fourth-order valence-electron chi connectivity index (χ4n) is 1.34. The van der Waals surface area contributed by atoms with E-state index in [0.29, 0.717) is 5.25 Å². The highest BCUT2D eigenvalue weighted by atomic mass is 79.9. The lowest BCUT2D eigenvalue weighted by Gasteiger charge is -2.11. The van der Waals surface area contributed by atoms with Crippen LogP contribution in [0.1, 0.15) is 6.92 Å². The summed E-state index contributed by atoms with van der Waals surface area (Å²) in [7, 11) is 0.